The van der Waals surface area contributed by atoms with Gasteiger partial charge in [0.25, 0.3) is 5.88 Å². The third kappa shape index (κ3) is 10.8. The van der Waals surface area contributed by atoms with Crippen LogP contribution in [-0.2, 0) is 25.5 Å². The summed E-state index contributed by atoms with van der Waals surface area (Å²) in [4.78, 5) is 11.8. The average molecular weight is 727 g/mol. The van der Waals surface area contributed by atoms with Gasteiger partial charge in [0.1, 0.15) is 30.5 Å². The number of benzene rings is 1. The van der Waals surface area contributed by atoms with Gasteiger partial charge in [-0.05, 0) is 60.7 Å². The van der Waals surface area contributed by atoms with E-state index in [0.29, 0.717) is 80.5 Å². The standard InChI is InChI=1S/C34H47ClN10O6/c1-25(22-44-24-38-41-42-44)51-32-19-26(3-8-30(32)35)27-20-36-34(37-21-27)39-31-23-45(29-6-4-28(5-7-29)43-9-11-47-12-10-43)40-33(31)50-18-17-49-16-15-48-14-13-46-2/h3,8,19-21,23-25,28-29H,4-7,9-18,22H2,1-2H3,(H,36,37,39)/t25-,28-,29-/m0/s1. The molecule has 0 bridgehead atoms. The van der Waals surface area contributed by atoms with E-state index >= 15 is 0 Å². The third-order valence-corrected chi connectivity index (χ3v) is 9.21. The van der Waals surface area contributed by atoms with Crippen molar-refractivity contribution in [3.63, 3.8) is 0 Å². The van der Waals surface area contributed by atoms with Gasteiger partial charge in [0.15, 0.2) is 0 Å². The molecule has 4 heterocycles. The molecule has 17 heteroatoms. The van der Waals surface area contributed by atoms with Crippen LogP contribution in [0.15, 0.2) is 43.1 Å². The second-order valence-electron chi connectivity index (χ2n) is 12.5. The maximum atomic E-state index is 6.47. The second kappa shape index (κ2) is 19.1. The first kappa shape index (κ1) is 36.8. The van der Waals surface area contributed by atoms with Crippen LogP contribution in [0.1, 0.15) is 38.6 Å². The van der Waals surface area contributed by atoms with Crippen molar-refractivity contribution in [3.8, 4) is 22.8 Å². The van der Waals surface area contributed by atoms with Crippen molar-refractivity contribution in [1.29, 1.82) is 0 Å². The van der Waals surface area contributed by atoms with Gasteiger partial charge in [-0.3, -0.25) is 9.58 Å². The zero-order valence-corrected chi connectivity index (χ0v) is 30.0. The predicted molar refractivity (Wildman–Crippen MR) is 189 cm³/mol. The Balaban J connectivity index is 1.08. The minimum atomic E-state index is -0.215. The van der Waals surface area contributed by atoms with Crippen molar-refractivity contribution in [3.05, 3.63) is 48.1 Å². The Morgan fingerprint density at radius 3 is 2.39 bits per heavy atom. The van der Waals surface area contributed by atoms with Crippen LogP contribution in [0.4, 0.5) is 11.6 Å². The van der Waals surface area contributed by atoms with Crippen molar-refractivity contribution >= 4 is 23.2 Å². The molecule has 0 spiro atoms. The number of nitrogens with zero attached hydrogens (tertiary/aromatic N) is 9. The Labute approximate surface area is 302 Å². The maximum absolute atomic E-state index is 6.47. The zero-order chi connectivity index (χ0) is 35.3. The van der Waals surface area contributed by atoms with Crippen LogP contribution in [0.3, 0.4) is 0 Å². The van der Waals surface area contributed by atoms with E-state index in [1.807, 2.05) is 29.9 Å². The number of aromatic nitrogens is 8. The number of hydrogen-bond donors (Lipinski definition) is 1. The van der Waals surface area contributed by atoms with E-state index in [0.717, 1.165) is 63.1 Å². The average Bonchev–Trinajstić information content (AvgIpc) is 3.82. The van der Waals surface area contributed by atoms with Crippen molar-refractivity contribution < 1.29 is 28.4 Å². The SMILES string of the molecule is COCCOCCOCCOc1nn([C@H]2CC[C@H](N3CCOCC3)CC2)cc1Nc1ncc(-c2ccc(Cl)c(O[C@@H](C)Cn3cnnn3)c2)cn1. The van der Waals surface area contributed by atoms with Gasteiger partial charge in [-0.1, -0.05) is 17.7 Å². The number of halogens is 1. The first-order valence-electron chi connectivity index (χ1n) is 17.5. The molecule has 1 aromatic carbocycles. The van der Waals surface area contributed by atoms with Crippen molar-refractivity contribution in [1.82, 2.24) is 44.9 Å². The third-order valence-electron chi connectivity index (χ3n) is 8.90. The summed E-state index contributed by atoms with van der Waals surface area (Å²) < 4.78 is 37.6. The topological polar surface area (TPSA) is 158 Å². The van der Waals surface area contributed by atoms with Crippen LogP contribution in [0.2, 0.25) is 5.02 Å². The Kier molecular flexibility index (Phi) is 13.8. The smallest absolute Gasteiger partial charge is 0.257 e. The first-order valence-corrected chi connectivity index (χ1v) is 17.9. The number of hydrogen-bond acceptors (Lipinski definition) is 14. The zero-order valence-electron chi connectivity index (χ0n) is 29.2. The molecule has 16 nitrogen and oxygen atoms in total. The van der Waals surface area contributed by atoms with Crippen LogP contribution in [0.25, 0.3) is 11.1 Å². The van der Waals surface area contributed by atoms with E-state index in [9.17, 15) is 0 Å². The highest BCUT2D eigenvalue weighted by atomic mass is 35.5. The Morgan fingerprint density at radius 2 is 1.67 bits per heavy atom. The summed E-state index contributed by atoms with van der Waals surface area (Å²) in [5.74, 6) is 1.45. The fourth-order valence-electron chi connectivity index (χ4n) is 6.26. The largest absolute Gasteiger partial charge is 0.487 e. The summed E-state index contributed by atoms with van der Waals surface area (Å²) >= 11 is 6.47. The minimum Gasteiger partial charge on any atom is -0.487 e. The predicted octanol–water partition coefficient (Wildman–Crippen LogP) is 4.07. The molecule has 51 heavy (non-hydrogen) atoms. The number of nitrogens with one attached hydrogen (secondary N) is 1. The van der Waals surface area contributed by atoms with Gasteiger partial charge in [-0.15, -0.1) is 10.2 Å². The molecule has 1 aliphatic carbocycles. The summed E-state index contributed by atoms with van der Waals surface area (Å²) in [5.41, 5.74) is 2.37. The number of tetrazole rings is 1. The highest BCUT2D eigenvalue weighted by Crippen LogP contribution is 2.35. The van der Waals surface area contributed by atoms with Gasteiger partial charge < -0.3 is 33.7 Å². The molecule has 1 atom stereocenters. The van der Waals surface area contributed by atoms with E-state index in [2.05, 4.69) is 35.7 Å². The maximum Gasteiger partial charge on any atom is 0.257 e. The summed E-state index contributed by atoms with van der Waals surface area (Å²) in [6.45, 7) is 8.88. The van der Waals surface area contributed by atoms with Crippen molar-refractivity contribution in [2.75, 3.05) is 78.4 Å². The highest BCUT2D eigenvalue weighted by molar-refractivity contribution is 6.32. The molecule has 4 aromatic rings. The lowest BCUT2D eigenvalue weighted by molar-refractivity contribution is 0.00498. The molecular weight excluding hydrogens is 680 g/mol. The van der Waals surface area contributed by atoms with E-state index < -0.39 is 0 Å². The summed E-state index contributed by atoms with van der Waals surface area (Å²) in [7, 11) is 1.65. The number of morpholine rings is 1. The summed E-state index contributed by atoms with van der Waals surface area (Å²) in [5, 5.41) is 19.9. The van der Waals surface area contributed by atoms with E-state index in [-0.39, 0.29) is 12.1 Å². The molecule has 3 aromatic heterocycles. The van der Waals surface area contributed by atoms with Crippen LogP contribution in [0.5, 0.6) is 11.6 Å². The molecule has 276 valence electrons. The molecule has 2 fully saturated rings. The fourth-order valence-corrected chi connectivity index (χ4v) is 6.43. The van der Waals surface area contributed by atoms with E-state index in [4.69, 9.17) is 45.1 Å². The molecule has 1 aliphatic heterocycles. The summed E-state index contributed by atoms with van der Waals surface area (Å²) in [6.07, 6.45) is 11.2. The minimum absolute atomic E-state index is 0.215. The van der Waals surface area contributed by atoms with Crippen LogP contribution < -0.4 is 14.8 Å². The van der Waals surface area contributed by atoms with Crippen molar-refractivity contribution in [2.24, 2.45) is 0 Å². The van der Waals surface area contributed by atoms with Gasteiger partial charge in [0.2, 0.25) is 5.95 Å². The monoisotopic (exact) mass is 726 g/mol. The fraction of sp³-hybridized carbons (Fsp3) is 0.588. The van der Waals surface area contributed by atoms with Gasteiger partial charge in [0, 0.05) is 44.2 Å². The first-order chi connectivity index (χ1) is 25.1. The Hall–Kier alpha value is -3.93. The Bertz CT molecular complexity index is 1600. The van der Waals surface area contributed by atoms with Crippen molar-refractivity contribution in [2.45, 2.75) is 57.3 Å². The molecule has 0 radical (unpaired) electrons. The van der Waals surface area contributed by atoms with E-state index in [1.165, 1.54) is 0 Å². The molecule has 0 unspecified atom stereocenters. The van der Waals surface area contributed by atoms with Crippen LogP contribution in [0, 0.1) is 0 Å². The lowest BCUT2D eigenvalue weighted by Crippen LogP contribution is -2.45. The van der Waals surface area contributed by atoms with E-state index in [1.54, 1.807) is 36.6 Å². The van der Waals surface area contributed by atoms with Gasteiger partial charge in [-0.25, -0.2) is 14.6 Å². The highest BCUT2D eigenvalue weighted by Gasteiger charge is 2.29. The normalized spacial score (nSPS) is 18.8. The van der Waals surface area contributed by atoms with Gasteiger partial charge in [-0.2, -0.15) is 0 Å². The molecular formula is C34H47ClN10O6. The van der Waals surface area contributed by atoms with Gasteiger partial charge in [0.05, 0.1) is 70.1 Å². The second-order valence-corrected chi connectivity index (χ2v) is 12.9. The lowest BCUT2D eigenvalue weighted by Gasteiger charge is -2.38. The van der Waals surface area contributed by atoms with Crippen LogP contribution >= 0.6 is 11.6 Å². The van der Waals surface area contributed by atoms with Gasteiger partial charge >= 0.3 is 0 Å². The Morgan fingerprint density at radius 1 is 0.941 bits per heavy atom. The quantitative estimate of drug-likeness (QED) is 0.138. The molecule has 0 amide bonds. The number of rotatable bonds is 19. The molecule has 1 saturated carbocycles. The number of anilines is 2. The van der Waals surface area contributed by atoms with Crippen LogP contribution in [-0.4, -0.2) is 130 Å². The molecule has 1 saturated heterocycles. The molecule has 6 rings (SSSR count). The number of methoxy groups -OCH3 is 1. The molecule has 2 aliphatic rings. The number of ether oxygens (including phenoxy) is 6. The lowest BCUT2D eigenvalue weighted by atomic mass is 9.90. The summed E-state index contributed by atoms with van der Waals surface area (Å²) in [6, 6.07) is 6.46. The molecule has 1 N–H and O–H groups in total.